The molecule has 0 amide bonds. The van der Waals surface area contributed by atoms with Gasteiger partial charge >= 0.3 is 5.97 Å². The third-order valence-electron chi connectivity index (χ3n) is 2.17. The van der Waals surface area contributed by atoms with Gasteiger partial charge in [-0.2, -0.15) is 0 Å². The maximum atomic E-state index is 11.4. The summed E-state index contributed by atoms with van der Waals surface area (Å²) in [4.78, 5) is 11.4. The van der Waals surface area contributed by atoms with E-state index < -0.39 is 5.41 Å². The van der Waals surface area contributed by atoms with Crippen molar-refractivity contribution in [3.63, 3.8) is 0 Å². The second-order valence-corrected chi connectivity index (χ2v) is 4.80. The van der Waals surface area contributed by atoms with Crippen molar-refractivity contribution in [2.24, 2.45) is 5.41 Å². The van der Waals surface area contributed by atoms with Crippen molar-refractivity contribution in [2.45, 2.75) is 27.2 Å². The smallest absolute Gasteiger partial charge is 0.311 e. The highest BCUT2D eigenvalue weighted by Gasteiger charge is 2.22. The Morgan fingerprint density at radius 1 is 1.25 bits per heavy atom. The third kappa shape index (κ3) is 3.93. The molecule has 0 radical (unpaired) electrons. The maximum Gasteiger partial charge on any atom is 0.311 e. The quantitative estimate of drug-likeness (QED) is 0.799. The number of phenolic OH excluding ortho intramolecular Hbond substituents is 1. The van der Waals surface area contributed by atoms with Gasteiger partial charge in [-0.25, -0.2) is 0 Å². The fourth-order valence-corrected chi connectivity index (χ4v) is 1.14. The number of rotatable bonds is 3. The van der Waals surface area contributed by atoms with Crippen LogP contribution in [-0.4, -0.2) is 17.7 Å². The average Bonchev–Trinajstić information content (AvgIpc) is 2.19. The first-order valence-electron chi connectivity index (χ1n) is 5.35. The second-order valence-electron chi connectivity index (χ2n) is 4.80. The molecule has 0 unspecified atom stereocenters. The normalized spacial score (nSPS) is 11.2. The van der Waals surface area contributed by atoms with Crippen molar-refractivity contribution in [2.75, 3.05) is 6.61 Å². The zero-order chi connectivity index (χ0) is 12.2. The standard InChI is InChI=1S/C13H18O3/c1-13(2,3)12(15)16-9-8-10-4-6-11(14)7-5-10/h4-7,14H,8-9H2,1-3H3. The second kappa shape index (κ2) is 5.01. The molecule has 1 aromatic rings. The molecule has 1 rings (SSSR count). The van der Waals surface area contributed by atoms with Crippen molar-refractivity contribution in [1.82, 2.24) is 0 Å². The minimum Gasteiger partial charge on any atom is -0.508 e. The summed E-state index contributed by atoms with van der Waals surface area (Å²) in [6.07, 6.45) is 0.669. The Kier molecular flexibility index (Phi) is 3.93. The van der Waals surface area contributed by atoms with Crippen molar-refractivity contribution >= 4 is 5.97 Å². The highest BCUT2D eigenvalue weighted by Crippen LogP contribution is 2.15. The van der Waals surface area contributed by atoms with Gasteiger partial charge in [0.2, 0.25) is 0 Å². The average molecular weight is 222 g/mol. The molecule has 0 aliphatic carbocycles. The summed E-state index contributed by atoms with van der Waals surface area (Å²) in [6.45, 7) is 5.86. The lowest BCUT2D eigenvalue weighted by Crippen LogP contribution is -2.23. The van der Waals surface area contributed by atoms with Gasteiger partial charge in [-0.15, -0.1) is 0 Å². The zero-order valence-electron chi connectivity index (χ0n) is 9.99. The molecular formula is C13H18O3. The number of ether oxygens (including phenoxy) is 1. The van der Waals surface area contributed by atoms with E-state index in [1.54, 1.807) is 12.1 Å². The molecule has 3 nitrogen and oxygen atoms in total. The van der Waals surface area contributed by atoms with E-state index in [-0.39, 0.29) is 11.7 Å². The SMILES string of the molecule is CC(C)(C)C(=O)OCCc1ccc(O)cc1. The monoisotopic (exact) mass is 222 g/mol. The first-order chi connectivity index (χ1) is 7.39. The van der Waals surface area contributed by atoms with E-state index in [0.717, 1.165) is 5.56 Å². The number of benzene rings is 1. The van der Waals surface area contributed by atoms with Crippen molar-refractivity contribution in [1.29, 1.82) is 0 Å². The number of carbonyl (C=O) groups excluding carboxylic acids is 1. The van der Waals surface area contributed by atoms with E-state index in [1.807, 2.05) is 32.9 Å². The van der Waals surface area contributed by atoms with Crippen LogP contribution in [0, 0.1) is 5.41 Å². The van der Waals surface area contributed by atoms with Gasteiger partial charge in [-0.3, -0.25) is 4.79 Å². The molecule has 16 heavy (non-hydrogen) atoms. The molecule has 1 N–H and O–H groups in total. The molecule has 3 heteroatoms. The molecule has 0 atom stereocenters. The number of phenols is 1. The van der Waals surface area contributed by atoms with Gasteiger partial charge < -0.3 is 9.84 Å². The Labute approximate surface area is 96.1 Å². The number of carbonyl (C=O) groups is 1. The van der Waals surface area contributed by atoms with Crippen LogP contribution in [0.1, 0.15) is 26.3 Å². The van der Waals surface area contributed by atoms with Crippen LogP contribution in [0.2, 0.25) is 0 Å². The highest BCUT2D eigenvalue weighted by atomic mass is 16.5. The summed E-state index contributed by atoms with van der Waals surface area (Å²) < 4.78 is 5.14. The Hall–Kier alpha value is -1.51. The van der Waals surface area contributed by atoms with Crippen LogP contribution in [0.15, 0.2) is 24.3 Å². The molecule has 88 valence electrons. The van der Waals surface area contributed by atoms with Crippen molar-refractivity contribution < 1.29 is 14.6 Å². The van der Waals surface area contributed by atoms with Gasteiger partial charge in [-0.1, -0.05) is 12.1 Å². The van der Waals surface area contributed by atoms with Crippen molar-refractivity contribution in [3.8, 4) is 5.75 Å². The summed E-state index contributed by atoms with van der Waals surface area (Å²) >= 11 is 0. The molecule has 0 fully saturated rings. The Balaban J connectivity index is 2.36. The number of hydrogen-bond acceptors (Lipinski definition) is 3. The first kappa shape index (κ1) is 12.6. The molecule has 0 saturated carbocycles. The van der Waals surface area contributed by atoms with Crippen LogP contribution in [-0.2, 0) is 16.0 Å². The largest absolute Gasteiger partial charge is 0.508 e. The highest BCUT2D eigenvalue weighted by molar-refractivity contribution is 5.75. The Morgan fingerprint density at radius 3 is 2.31 bits per heavy atom. The van der Waals surface area contributed by atoms with Crippen LogP contribution in [0.25, 0.3) is 0 Å². The maximum absolute atomic E-state index is 11.4. The molecule has 0 heterocycles. The molecule has 0 spiro atoms. The molecular weight excluding hydrogens is 204 g/mol. The number of aromatic hydroxyl groups is 1. The fraction of sp³-hybridized carbons (Fsp3) is 0.462. The number of esters is 1. The lowest BCUT2D eigenvalue weighted by Gasteiger charge is -2.16. The first-order valence-corrected chi connectivity index (χ1v) is 5.35. The Bertz CT molecular complexity index is 346. The molecule has 0 saturated heterocycles. The summed E-state index contributed by atoms with van der Waals surface area (Å²) in [7, 11) is 0. The van der Waals surface area contributed by atoms with Crippen LogP contribution < -0.4 is 0 Å². The van der Waals surface area contributed by atoms with E-state index in [1.165, 1.54) is 0 Å². The lowest BCUT2D eigenvalue weighted by atomic mass is 9.97. The molecule has 0 aliphatic heterocycles. The number of hydrogen-bond donors (Lipinski definition) is 1. The summed E-state index contributed by atoms with van der Waals surface area (Å²) in [5, 5.41) is 9.09. The molecule has 0 bridgehead atoms. The summed E-state index contributed by atoms with van der Waals surface area (Å²) in [5.41, 5.74) is 0.592. The van der Waals surface area contributed by atoms with Gasteiger partial charge in [0.25, 0.3) is 0 Å². The van der Waals surface area contributed by atoms with Gasteiger partial charge in [0.1, 0.15) is 5.75 Å². The fourth-order valence-electron chi connectivity index (χ4n) is 1.14. The van der Waals surface area contributed by atoms with Gasteiger partial charge in [0.05, 0.1) is 12.0 Å². The molecule has 0 aliphatic rings. The van der Waals surface area contributed by atoms with E-state index in [0.29, 0.717) is 13.0 Å². The van der Waals surface area contributed by atoms with Gasteiger partial charge in [0.15, 0.2) is 0 Å². The Morgan fingerprint density at radius 2 is 1.81 bits per heavy atom. The van der Waals surface area contributed by atoms with Crippen LogP contribution >= 0.6 is 0 Å². The summed E-state index contributed by atoms with van der Waals surface area (Å²) in [5.74, 6) is 0.0571. The van der Waals surface area contributed by atoms with Gasteiger partial charge in [0, 0.05) is 6.42 Å². The zero-order valence-corrected chi connectivity index (χ0v) is 9.99. The van der Waals surface area contributed by atoms with Gasteiger partial charge in [-0.05, 0) is 38.5 Å². The molecule has 0 aromatic heterocycles. The predicted molar refractivity (Wildman–Crippen MR) is 62.2 cm³/mol. The third-order valence-corrected chi connectivity index (χ3v) is 2.17. The van der Waals surface area contributed by atoms with Crippen LogP contribution in [0.3, 0.4) is 0 Å². The van der Waals surface area contributed by atoms with E-state index in [9.17, 15) is 4.79 Å². The lowest BCUT2D eigenvalue weighted by molar-refractivity contribution is -0.152. The van der Waals surface area contributed by atoms with Crippen LogP contribution in [0.5, 0.6) is 5.75 Å². The van der Waals surface area contributed by atoms with Crippen LogP contribution in [0.4, 0.5) is 0 Å². The minimum atomic E-state index is -0.449. The topological polar surface area (TPSA) is 46.5 Å². The van der Waals surface area contributed by atoms with E-state index in [4.69, 9.17) is 9.84 Å². The minimum absolute atomic E-state index is 0.189. The van der Waals surface area contributed by atoms with Crippen molar-refractivity contribution in [3.05, 3.63) is 29.8 Å². The van der Waals surface area contributed by atoms with E-state index >= 15 is 0 Å². The molecule has 1 aromatic carbocycles. The summed E-state index contributed by atoms with van der Waals surface area (Å²) in [6, 6.07) is 6.89. The predicted octanol–water partition coefficient (Wildman–Crippen LogP) is 2.52. The van der Waals surface area contributed by atoms with E-state index in [2.05, 4.69) is 0 Å².